The highest BCUT2D eigenvalue weighted by Crippen LogP contribution is 2.57. The minimum atomic E-state index is -0.773. The summed E-state index contributed by atoms with van der Waals surface area (Å²) in [6, 6.07) is 4.50. The van der Waals surface area contributed by atoms with E-state index in [1.54, 1.807) is 0 Å². The standard InChI is InChI=1S/C11H18O3.C10H16N2O.C9H13NO.C8H13N/c1-8(12)11(5-6-11)9(13)14-7-10(2,3)4;1-9(2,3)7-12-8(13)10(11-4)5-6-10;1-8(2,3)7(11)9(6-10)4-5-9;1-7(2,3)8(6-9)4-5-8/h5-7H2,1-4H3;5-7H2,1-3H3,(H,12,13);4-5H2,1-3H3;4-5H2,1-3H3. The molecule has 1 amide bonds. The van der Waals surface area contributed by atoms with Crippen LogP contribution in [0.1, 0.15) is 141 Å². The number of nitriles is 2. The van der Waals surface area contributed by atoms with E-state index < -0.39 is 16.4 Å². The van der Waals surface area contributed by atoms with Gasteiger partial charge < -0.3 is 10.1 Å². The normalized spacial score (nSPS) is 20.0. The van der Waals surface area contributed by atoms with E-state index >= 15 is 0 Å². The van der Waals surface area contributed by atoms with E-state index in [1.807, 2.05) is 41.5 Å². The van der Waals surface area contributed by atoms with Gasteiger partial charge in [-0.05, 0) is 61.7 Å². The summed E-state index contributed by atoms with van der Waals surface area (Å²) in [4.78, 5) is 49.2. The maximum absolute atomic E-state index is 11.6. The fourth-order valence-electron chi connectivity index (χ4n) is 4.65. The Morgan fingerprint density at radius 1 is 0.766 bits per heavy atom. The van der Waals surface area contributed by atoms with Crippen LogP contribution in [-0.2, 0) is 23.9 Å². The molecule has 0 aromatic rings. The van der Waals surface area contributed by atoms with E-state index in [9.17, 15) is 19.2 Å². The zero-order chi connectivity index (χ0) is 36.9. The molecule has 0 aromatic carbocycles. The van der Waals surface area contributed by atoms with E-state index in [0.717, 1.165) is 38.5 Å². The highest BCUT2D eigenvalue weighted by atomic mass is 16.5. The summed E-state index contributed by atoms with van der Waals surface area (Å²) >= 11 is 0. The Balaban J connectivity index is 0.000000317. The Bertz CT molecular complexity index is 1300. The lowest BCUT2D eigenvalue weighted by molar-refractivity contribution is -0.156. The lowest BCUT2D eigenvalue weighted by Crippen LogP contribution is -2.39. The first-order valence-corrected chi connectivity index (χ1v) is 16.8. The number of carbonyl (C=O) groups excluding carboxylic acids is 4. The second kappa shape index (κ2) is 14.5. The largest absolute Gasteiger partial charge is 0.464 e. The van der Waals surface area contributed by atoms with Crippen LogP contribution >= 0.6 is 0 Å². The van der Waals surface area contributed by atoms with Crippen molar-refractivity contribution in [3.05, 3.63) is 11.4 Å². The van der Waals surface area contributed by atoms with Gasteiger partial charge in [-0.1, -0.05) is 83.1 Å². The molecular weight excluding hydrogens is 592 g/mol. The van der Waals surface area contributed by atoms with Gasteiger partial charge in [-0.15, -0.1) is 0 Å². The first kappa shape index (κ1) is 41.8. The van der Waals surface area contributed by atoms with E-state index in [0.29, 0.717) is 26.0 Å². The zero-order valence-corrected chi connectivity index (χ0v) is 31.5. The van der Waals surface area contributed by atoms with Crippen molar-refractivity contribution in [2.45, 2.75) is 147 Å². The van der Waals surface area contributed by atoms with Crippen molar-refractivity contribution in [2.75, 3.05) is 13.2 Å². The van der Waals surface area contributed by atoms with Crippen molar-refractivity contribution in [1.29, 1.82) is 10.5 Å². The Morgan fingerprint density at radius 2 is 1.26 bits per heavy atom. The summed E-state index contributed by atoms with van der Waals surface area (Å²) in [5.74, 6) is -0.374. The second-order valence-corrected chi connectivity index (χ2v) is 18.4. The van der Waals surface area contributed by atoms with Crippen LogP contribution in [0.4, 0.5) is 0 Å². The van der Waals surface area contributed by atoms with E-state index in [4.69, 9.17) is 21.8 Å². The average molecular weight is 653 g/mol. The SMILES string of the molecule is CC(=O)C1(C(=O)OCC(C)(C)C)CC1.CC(C)(C)C(=O)C1(C#N)CC1.CC(C)(C)C1(C#N)CC1.[C-]#[N+]C1(C(=O)NCC(C)(C)C)CC1. The third-order valence-electron chi connectivity index (χ3n) is 9.07. The molecule has 262 valence electrons. The number of amides is 1. The highest BCUT2D eigenvalue weighted by molar-refractivity contribution is 6.05. The molecule has 47 heavy (non-hydrogen) atoms. The number of esters is 1. The van der Waals surface area contributed by atoms with Crippen molar-refractivity contribution < 1.29 is 23.9 Å². The minimum Gasteiger partial charge on any atom is -0.464 e. The maximum Gasteiger partial charge on any atom is 0.319 e. The van der Waals surface area contributed by atoms with Crippen LogP contribution < -0.4 is 5.32 Å². The number of carbonyl (C=O) groups is 4. The molecule has 4 rings (SSSR count). The Hall–Kier alpha value is -3.25. The van der Waals surface area contributed by atoms with Gasteiger partial charge in [0.2, 0.25) is 0 Å². The van der Waals surface area contributed by atoms with Crippen LogP contribution in [0, 0.1) is 67.1 Å². The topological polar surface area (TPSA) is 141 Å². The van der Waals surface area contributed by atoms with Crippen LogP contribution in [0.25, 0.3) is 4.85 Å². The average Bonchev–Trinajstić information content (AvgIpc) is 3.79. The van der Waals surface area contributed by atoms with Crippen molar-refractivity contribution in [2.24, 2.45) is 37.9 Å². The molecule has 4 fully saturated rings. The van der Waals surface area contributed by atoms with E-state index in [2.05, 4.69) is 63.8 Å². The number of Topliss-reactive ketones (excluding diaryl/α,β-unsaturated/α-hetero) is 2. The molecule has 0 radical (unpaired) electrons. The van der Waals surface area contributed by atoms with Gasteiger partial charge in [0.25, 0.3) is 0 Å². The summed E-state index contributed by atoms with van der Waals surface area (Å²) in [6.07, 6.45) is 6.51. The first-order chi connectivity index (χ1) is 21.1. The maximum atomic E-state index is 11.6. The number of ether oxygens (including phenoxy) is 1. The molecule has 0 saturated heterocycles. The molecule has 4 aliphatic rings. The molecule has 9 nitrogen and oxygen atoms in total. The highest BCUT2D eigenvalue weighted by Gasteiger charge is 2.58. The molecule has 0 heterocycles. The Labute approximate surface area is 284 Å². The van der Waals surface area contributed by atoms with Gasteiger partial charge in [0.1, 0.15) is 16.6 Å². The number of hydrogen-bond donors (Lipinski definition) is 1. The van der Waals surface area contributed by atoms with Crippen molar-refractivity contribution in [3.8, 4) is 12.1 Å². The Morgan fingerprint density at radius 3 is 1.45 bits per heavy atom. The lowest BCUT2D eigenvalue weighted by atomic mass is 9.79. The van der Waals surface area contributed by atoms with Crippen LogP contribution in [0.5, 0.6) is 0 Å². The summed E-state index contributed by atoms with van der Waals surface area (Å²) in [5, 5.41) is 20.3. The molecule has 4 saturated carbocycles. The lowest BCUT2D eigenvalue weighted by Gasteiger charge is -2.23. The van der Waals surface area contributed by atoms with Gasteiger partial charge in [0.15, 0.2) is 5.78 Å². The molecule has 0 unspecified atom stereocenters. The van der Waals surface area contributed by atoms with Gasteiger partial charge in [-0.2, -0.15) is 10.5 Å². The predicted molar refractivity (Wildman–Crippen MR) is 182 cm³/mol. The number of rotatable bonds is 6. The third-order valence-corrected chi connectivity index (χ3v) is 9.07. The molecule has 9 heteroatoms. The number of nitrogens with zero attached hydrogens (tertiary/aromatic N) is 3. The molecular formula is C38H60N4O5. The molecule has 1 N–H and O–H groups in total. The summed E-state index contributed by atoms with van der Waals surface area (Å²) in [5.41, 5.74) is -2.13. The van der Waals surface area contributed by atoms with E-state index in [-0.39, 0.29) is 50.5 Å². The molecule has 0 spiro atoms. The fourth-order valence-corrected chi connectivity index (χ4v) is 4.65. The monoisotopic (exact) mass is 652 g/mol. The quantitative estimate of drug-likeness (QED) is 0.175. The Kier molecular flexibility index (Phi) is 12.9. The van der Waals surface area contributed by atoms with Gasteiger partial charge in [-0.3, -0.25) is 24.0 Å². The fraction of sp³-hybridized carbons (Fsp3) is 0.816. The van der Waals surface area contributed by atoms with Gasteiger partial charge in [0, 0.05) is 24.8 Å². The second-order valence-electron chi connectivity index (χ2n) is 18.4. The summed E-state index contributed by atoms with van der Waals surface area (Å²) in [6.45, 7) is 33.6. The predicted octanol–water partition coefficient (Wildman–Crippen LogP) is 7.79. The zero-order valence-electron chi connectivity index (χ0n) is 31.5. The third kappa shape index (κ3) is 12.1. The van der Waals surface area contributed by atoms with Crippen LogP contribution in [-0.4, -0.2) is 42.1 Å². The molecule has 4 aliphatic carbocycles. The first-order valence-electron chi connectivity index (χ1n) is 16.8. The summed E-state index contributed by atoms with van der Waals surface area (Å²) < 4.78 is 5.14. The van der Waals surface area contributed by atoms with Crippen LogP contribution in [0.15, 0.2) is 0 Å². The van der Waals surface area contributed by atoms with Crippen molar-refractivity contribution in [1.82, 2.24) is 5.32 Å². The molecule has 0 atom stereocenters. The molecule has 0 aliphatic heterocycles. The van der Waals surface area contributed by atoms with Crippen molar-refractivity contribution in [3.63, 3.8) is 0 Å². The van der Waals surface area contributed by atoms with E-state index in [1.165, 1.54) is 6.92 Å². The minimum absolute atomic E-state index is 0.0347. The van der Waals surface area contributed by atoms with Crippen LogP contribution in [0.2, 0.25) is 0 Å². The van der Waals surface area contributed by atoms with Gasteiger partial charge >= 0.3 is 17.4 Å². The van der Waals surface area contributed by atoms with Crippen molar-refractivity contribution >= 4 is 23.4 Å². The number of ketones is 2. The summed E-state index contributed by atoms with van der Waals surface area (Å²) in [7, 11) is 0. The molecule has 0 bridgehead atoms. The molecule has 0 aromatic heterocycles. The van der Waals surface area contributed by atoms with Gasteiger partial charge in [-0.25, -0.2) is 6.57 Å². The number of hydrogen-bond acceptors (Lipinski definition) is 7. The van der Waals surface area contributed by atoms with Crippen LogP contribution in [0.3, 0.4) is 0 Å². The van der Waals surface area contributed by atoms with Gasteiger partial charge in [0.05, 0.1) is 24.2 Å². The smallest absolute Gasteiger partial charge is 0.319 e. The number of nitrogens with one attached hydrogen (secondary N) is 1.